The van der Waals surface area contributed by atoms with E-state index in [4.69, 9.17) is 27.0 Å². The number of thiocarbonyl (C=S) groups is 1. The molecule has 0 saturated carbocycles. The molecule has 0 aliphatic heterocycles. The molecule has 0 radical (unpaired) electrons. The Balaban J connectivity index is 1.48. The largest absolute Gasteiger partial charge is 0.497 e. The molecule has 9 nitrogen and oxygen atoms in total. The second-order valence-corrected chi connectivity index (χ2v) is 11.6. The summed E-state index contributed by atoms with van der Waals surface area (Å²) in [4.78, 5) is 19.9. The Morgan fingerprint density at radius 2 is 1.80 bits per heavy atom. The minimum absolute atomic E-state index is 0.0782. The zero-order valence-electron chi connectivity index (χ0n) is 26.9. The first-order valence-corrected chi connectivity index (χ1v) is 15.8. The molecule has 0 unspecified atom stereocenters. The first-order valence-electron chi connectivity index (χ1n) is 15.4. The van der Waals surface area contributed by atoms with E-state index in [1.165, 1.54) is 0 Å². The molecule has 1 heterocycles. The quantitative estimate of drug-likeness (QED) is 0.157. The summed E-state index contributed by atoms with van der Waals surface area (Å²) in [5, 5.41) is 16.4. The number of nitriles is 1. The molecule has 2 atom stereocenters. The zero-order chi connectivity index (χ0) is 32.9. The molecule has 240 valence electrons. The van der Waals surface area contributed by atoms with Crippen LogP contribution < -0.4 is 20.1 Å². The van der Waals surface area contributed by atoms with Gasteiger partial charge in [-0.1, -0.05) is 50.6 Å². The number of para-hydroxylation sites is 1. The number of amides is 1. The highest BCUT2D eigenvalue weighted by atomic mass is 32.1. The van der Waals surface area contributed by atoms with Gasteiger partial charge in [0.05, 0.1) is 38.6 Å². The number of ether oxygens (including phenoxy) is 2. The average Bonchev–Trinajstić information content (AvgIpc) is 3.52. The van der Waals surface area contributed by atoms with E-state index in [9.17, 15) is 4.79 Å². The summed E-state index contributed by atoms with van der Waals surface area (Å²) in [5.41, 5.74) is 4.39. The predicted octanol–water partition coefficient (Wildman–Crippen LogP) is 5.84. The second-order valence-electron chi connectivity index (χ2n) is 11.2. The number of carbonyl (C=O) groups excluding carboxylic acids is 1. The average molecular weight is 639 g/mol. The minimum atomic E-state index is -0.152. The van der Waals surface area contributed by atoms with Crippen molar-refractivity contribution in [3.8, 4) is 17.6 Å². The lowest BCUT2D eigenvalue weighted by molar-refractivity contribution is -0.121. The summed E-state index contributed by atoms with van der Waals surface area (Å²) in [6.45, 7) is 6.00. The molecule has 4 rings (SSSR count). The van der Waals surface area contributed by atoms with Crippen molar-refractivity contribution in [1.82, 2.24) is 19.8 Å². The van der Waals surface area contributed by atoms with E-state index in [1.54, 1.807) is 38.9 Å². The van der Waals surface area contributed by atoms with E-state index in [0.717, 1.165) is 40.4 Å². The third-order valence-electron chi connectivity index (χ3n) is 8.14. The van der Waals surface area contributed by atoms with Crippen LogP contribution in [0.3, 0.4) is 0 Å². The van der Waals surface area contributed by atoms with Gasteiger partial charge < -0.3 is 29.6 Å². The van der Waals surface area contributed by atoms with E-state index in [2.05, 4.69) is 46.5 Å². The van der Waals surface area contributed by atoms with Gasteiger partial charge in [0.1, 0.15) is 11.5 Å². The van der Waals surface area contributed by atoms with Gasteiger partial charge in [-0.25, -0.2) is 4.98 Å². The topological polar surface area (TPSA) is 104 Å². The normalized spacial score (nSPS) is 12.0. The lowest BCUT2D eigenvalue weighted by atomic mass is 9.98. The highest BCUT2D eigenvalue weighted by Gasteiger charge is 2.24. The molecule has 0 aliphatic rings. The second kappa shape index (κ2) is 17.0. The maximum Gasteiger partial charge on any atom is 0.226 e. The first kappa shape index (κ1) is 34.0. The predicted molar refractivity (Wildman–Crippen MR) is 185 cm³/mol. The van der Waals surface area contributed by atoms with Crippen LogP contribution in [0.15, 0.2) is 85.3 Å². The number of hydrogen-bond acceptors (Lipinski definition) is 6. The van der Waals surface area contributed by atoms with Crippen molar-refractivity contribution in [3.63, 3.8) is 0 Å². The highest BCUT2D eigenvalue weighted by Crippen LogP contribution is 2.20. The Kier molecular flexibility index (Phi) is 12.6. The SMILES string of the molecule is CC[C@H](C)[C@@H](CN(CCc1ccccc1OC)C(=S)Nc1ccc(OC)cc1)NC(=O)Cc1cncn1Cc1ccc(C#N)cc1. The van der Waals surface area contributed by atoms with Crippen molar-refractivity contribution < 1.29 is 14.3 Å². The molecule has 0 fully saturated rings. The summed E-state index contributed by atoms with van der Waals surface area (Å²) in [5.74, 6) is 1.72. The number of benzene rings is 3. The third-order valence-corrected chi connectivity index (χ3v) is 8.50. The fraction of sp³-hybridized carbons (Fsp3) is 0.333. The molecule has 46 heavy (non-hydrogen) atoms. The van der Waals surface area contributed by atoms with Gasteiger partial charge in [-0.3, -0.25) is 4.79 Å². The van der Waals surface area contributed by atoms with Crippen molar-refractivity contribution in [2.45, 2.75) is 45.7 Å². The van der Waals surface area contributed by atoms with Crippen LogP contribution in [0.2, 0.25) is 0 Å². The summed E-state index contributed by atoms with van der Waals surface area (Å²) in [6.07, 6.45) is 5.26. The Hall–Kier alpha value is -4.88. The summed E-state index contributed by atoms with van der Waals surface area (Å²) in [6, 6.07) is 25.0. The highest BCUT2D eigenvalue weighted by molar-refractivity contribution is 7.80. The number of nitrogens with one attached hydrogen (secondary N) is 2. The molecule has 1 aromatic heterocycles. The molecule has 0 spiro atoms. The van der Waals surface area contributed by atoms with Crippen molar-refractivity contribution >= 4 is 28.9 Å². The molecule has 10 heteroatoms. The van der Waals surface area contributed by atoms with Crippen LogP contribution in [-0.2, 0) is 24.2 Å². The number of hydrogen-bond donors (Lipinski definition) is 2. The summed E-state index contributed by atoms with van der Waals surface area (Å²) in [7, 11) is 3.32. The van der Waals surface area contributed by atoms with E-state index in [1.807, 2.05) is 59.2 Å². The maximum atomic E-state index is 13.5. The molecule has 4 aromatic rings. The van der Waals surface area contributed by atoms with Crippen molar-refractivity contribution in [3.05, 3.63) is 108 Å². The Labute approximate surface area is 277 Å². The molecular formula is C36H42N6O3S. The van der Waals surface area contributed by atoms with Crippen LogP contribution >= 0.6 is 12.2 Å². The van der Waals surface area contributed by atoms with Gasteiger partial charge >= 0.3 is 0 Å². The third kappa shape index (κ3) is 9.56. The van der Waals surface area contributed by atoms with Crippen LogP contribution in [0.5, 0.6) is 11.5 Å². The van der Waals surface area contributed by atoms with Gasteiger partial charge in [0, 0.05) is 43.3 Å². The van der Waals surface area contributed by atoms with Gasteiger partial charge in [0.15, 0.2) is 5.11 Å². The number of methoxy groups -OCH3 is 2. The number of carbonyl (C=O) groups is 1. The van der Waals surface area contributed by atoms with E-state index in [-0.39, 0.29) is 24.3 Å². The fourth-order valence-electron chi connectivity index (χ4n) is 5.15. The first-order chi connectivity index (χ1) is 22.3. The van der Waals surface area contributed by atoms with Gasteiger partial charge in [0.2, 0.25) is 5.91 Å². The lowest BCUT2D eigenvalue weighted by Crippen LogP contribution is -2.50. The Morgan fingerprint density at radius 1 is 1.07 bits per heavy atom. The zero-order valence-corrected chi connectivity index (χ0v) is 27.7. The maximum absolute atomic E-state index is 13.5. The number of aromatic nitrogens is 2. The lowest BCUT2D eigenvalue weighted by Gasteiger charge is -2.33. The minimum Gasteiger partial charge on any atom is -0.497 e. The van der Waals surface area contributed by atoms with Crippen molar-refractivity contribution in [1.29, 1.82) is 5.26 Å². The van der Waals surface area contributed by atoms with Crippen molar-refractivity contribution in [2.24, 2.45) is 5.92 Å². The summed E-state index contributed by atoms with van der Waals surface area (Å²) < 4.78 is 12.9. The molecule has 1 amide bonds. The van der Waals surface area contributed by atoms with E-state index >= 15 is 0 Å². The number of imidazole rings is 1. The molecular weight excluding hydrogens is 597 g/mol. The summed E-state index contributed by atoms with van der Waals surface area (Å²) >= 11 is 5.95. The number of rotatable bonds is 15. The number of nitrogens with zero attached hydrogens (tertiary/aromatic N) is 4. The van der Waals surface area contributed by atoms with Crippen LogP contribution in [0.1, 0.15) is 42.7 Å². The van der Waals surface area contributed by atoms with Gasteiger partial charge in [-0.2, -0.15) is 5.26 Å². The molecule has 3 aromatic carbocycles. The Bertz CT molecular complexity index is 1610. The monoisotopic (exact) mass is 638 g/mol. The van der Waals surface area contributed by atoms with Gasteiger partial charge in [-0.05, 0) is 78.1 Å². The van der Waals surface area contributed by atoms with Gasteiger partial charge in [-0.15, -0.1) is 0 Å². The smallest absolute Gasteiger partial charge is 0.226 e. The Morgan fingerprint density at radius 3 is 2.48 bits per heavy atom. The molecule has 0 bridgehead atoms. The van der Waals surface area contributed by atoms with Crippen LogP contribution in [0.4, 0.5) is 5.69 Å². The van der Waals surface area contributed by atoms with E-state index < -0.39 is 0 Å². The van der Waals surface area contributed by atoms with E-state index in [0.29, 0.717) is 36.7 Å². The van der Waals surface area contributed by atoms with Crippen molar-refractivity contribution in [2.75, 3.05) is 32.6 Å². The standard InChI is InChI=1S/C36H42N6O3S/c1-5-26(2)33(40-35(43)20-31-22-38-25-42(31)23-28-12-10-27(21-37)11-13-28)24-41(19-18-29-8-6-7-9-34(29)45-4)36(46)39-30-14-16-32(44-3)17-15-30/h6-17,22,25-26,33H,5,18-20,23-24H2,1-4H3,(H,39,46)(H,40,43)/t26-,33+/m0/s1. The molecule has 0 aliphatic carbocycles. The number of anilines is 1. The van der Waals surface area contributed by atoms with Crippen LogP contribution in [0, 0.1) is 17.2 Å². The fourth-order valence-corrected chi connectivity index (χ4v) is 5.43. The van der Waals surface area contributed by atoms with Crippen LogP contribution in [0.25, 0.3) is 0 Å². The van der Waals surface area contributed by atoms with Gasteiger partial charge in [0.25, 0.3) is 0 Å². The molecule has 0 saturated heterocycles. The molecule has 2 N–H and O–H groups in total. The van der Waals surface area contributed by atoms with Crippen LogP contribution in [-0.4, -0.2) is 58.8 Å².